The van der Waals surface area contributed by atoms with E-state index in [4.69, 9.17) is 4.52 Å². The smallest absolute Gasteiger partial charge is 0.243 e. The fraction of sp³-hybridized carbons (Fsp3) is 0.375. The molecule has 7 nitrogen and oxygen atoms in total. The number of aromatic nitrogens is 1. The predicted octanol–water partition coefficient (Wildman–Crippen LogP) is 2.99. The van der Waals surface area contributed by atoms with Gasteiger partial charge in [0.25, 0.3) is 0 Å². The van der Waals surface area contributed by atoms with Crippen molar-refractivity contribution >= 4 is 37.7 Å². The van der Waals surface area contributed by atoms with Gasteiger partial charge in [-0.2, -0.15) is 4.31 Å². The van der Waals surface area contributed by atoms with Gasteiger partial charge < -0.3 is 9.84 Å². The molecule has 0 unspecified atom stereocenters. The molecule has 2 rings (SSSR count). The Hall–Kier alpha value is -1.71. The van der Waals surface area contributed by atoms with Gasteiger partial charge in [0.05, 0.1) is 11.4 Å². The minimum absolute atomic E-state index is 0.113. The van der Waals surface area contributed by atoms with Crippen LogP contribution in [0, 0.1) is 0 Å². The van der Waals surface area contributed by atoms with E-state index >= 15 is 0 Å². The molecule has 25 heavy (non-hydrogen) atoms. The summed E-state index contributed by atoms with van der Waals surface area (Å²) in [6, 6.07) is 7.83. The van der Waals surface area contributed by atoms with Crippen molar-refractivity contribution in [3.05, 3.63) is 40.6 Å². The number of carbonyl (C=O) groups is 1. The lowest BCUT2D eigenvalue weighted by atomic mass is 9.93. The standard InChI is InChI=1S/C16H20BrN3O4S/c1-16(2,3)13-9-14(19-24-13)18-15(21)10-20(4)25(22,23)12-7-5-11(17)6-8-12/h5-9H,10H2,1-4H3,(H,18,19,21). The highest BCUT2D eigenvalue weighted by atomic mass is 79.9. The van der Waals surface area contributed by atoms with Crippen molar-refractivity contribution in [2.45, 2.75) is 31.1 Å². The first-order chi connectivity index (χ1) is 11.5. The van der Waals surface area contributed by atoms with Crippen molar-refractivity contribution in [1.29, 1.82) is 0 Å². The molecule has 0 fully saturated rings. The second-order valence-corrected chi connectivity index (χ2v) is 9.55. The first-order valence-corrected chi connectivity index (χ1v) is 9.72. The molecule has 136 valence electrons. The normalized spacial score (nSPS) is 12.4. The largest absolute Gasteiger partial charge is 0.359 e. The molecule has 2 aromatic rings. The number of carbonyl (C=O) groups excluding carboxylic acids is 1. The van der Waals surface area contributed by atoms with Crippen molar-refractivity contribution < 1.29 is 17.7 Å². The zero-order valence-electron chi connectivity index (χ0n) is 14.4. The van der Waals surface area contributed by atoms with Crippen LogP contribution in [0.2, 0.25) is 0 Å². The van der Waals surface area contributed by atoms with Crippen molar-refractivity contribution in [3.63, 3.8) is 0 Å². The molecule has 0 saturated carbocycles. The second-order valence-electron chi connectivity index (χ2n) is 6.59. The number of halogens is 1. The summed E-state index contributed by atoms with van der Waals surface area (Å²) >= 11 is 3.25. The lowest BCUT2D eigenvalue weighted by Gasteiger charge is -2.16. The molecule has 0 spiro atoms. The number of benzene rings is 1. The van der Waals surface area contributed by atoms with E-state index in [1.807, 2.05) is 20.8 Å². The summed E-state index contributed by atoms with van der Waals surface area (Å²) in [5.41, 5.74) is -0.238. The van der Waals surface area contributed by atoms with E-state index in [0.29, 0.717) is 5.76 Å². The fourth-order valence-electron chi connectivity index (χ4n) is 1.94. The van der Waals surface area contributed by atoms with E-state index in [2.05, 4.69) is 26.4 Å². The Morgan fingerprint density at radius 2 is 1.88 bits per heavy atom. The number of nitrogens with one attached hydrogen (secondary N) is 1. The molecule has 0 saturated heterocycles. The van der Waals surface area contributed by atoms with Crippen molar-refractivity contribution in [2.24, 2.45) is 0 Å². The van der Waals surface area contributed by atoms with Gasteiger partial charge in [0, 0.05) is 23.0 Å². The molecule has 1 aromatic heterocycles. The molecule has 0 atom stereocenters. The van der Waals surface area contributed by atoms with Gasteiger partial charge in [-0.3, -0.25) is 4.79 Å². The number of amides is 1. The number of hydrogen-bond donors (Lipinski definition) is 1. The number of nitrogens with zero attached hydrogens (tertiary/aromatic N) is 2. The van der Waals surface area contributed by atoms with Crippen LogP contribution in [0.3, 0.4) is 0 Å². The molecular weight excluding hydrogens is 410 g/mol. The highest BCUT2D eigenvalue weighted by molar-refractivity contribution is 9.10. The maximum Gasteiger partial charge on any atom is 0.243 e. The Morgan fingerprint density at radius 3 is 2.40 bits per heavy atom. The van der Waals surface area contributed by atoms with Crippen molar-refractivity contribution in [2.75, 3.05) is 18.9 Å². The molecule has 0 bridgehead atoms. The fourth-order valence-corrected chi connectivity index (χ4v) is 3.34. The quantitative estimate of drug-likeness (QED) is 0.788. The van der Waals surface area contributed by atoms with E-state index in [9.17, 15) is 13.2 Å². The van der Waals surface area contributed by atoms with Crippen LogP contribution >= 0.6 is 15.9 Å². The minimum Gasteiger partial charge on any atom is -0.359 e. The number of likely N-dealkylation sites (N-methyl/N-ethyl adjacent to an activating group) is 1. The maximum absolute atomic E-state index is 12.5. The summed E-state index contributed by atoms with van der Waals surface area (Å²) in [5.74, 6) is 0.375. The summed E-state index contributed by atoms with van der Waals surface area (Å²) in [5, 5.41) is 6.32. The minimum atomic E-state index is -3.75. The van der Waals surface area contributed by atoms with Crippen LogP contribution in [0.5, 0.6) is 0 Å². The van der Waals surface area contributed by atoms with E-state index in [0.717, 1.165) is 8.78 Å². The first-order valence-electron chi connectivity index (χ1n) is 7.49. The Bertz CT molecular complexity index is 854. The second kappa shape index (κ2) is 7.27. The molecule has 0 aliphatic rings. The summed E-state index contributed by atoms with van der Waals surface area (Å²) in [6.07, 6.45) is 0. The lowest BCUT2D eigenvalue weighted by Crippen LogP contribution is -2.35. The third-order valence-electron chi connectivity index (χ3n) is 3.40. The van der Waals surface area contributed by atoms with Gasteiger partial charge in [0.1, 0.15) is 5.76 Å². The van der Waals surface area contributed by atoms with Crippen LogP contribution in [0.4, 0.5) is 5.82 Å². The zero-order chi connectivity index (χ0) is 18.8. The van der Waals surface area contributed by atoms with Crippen molar-refractivity contribution in [1.82, 2.24) is 9.46 Å². The molecule has 0 aliphatic heterocycles. The van der Waals surface area contributed by atoms with Gasteiger partial charge in [-0.15, -0.1) is 0 Å². The van der Waals surface area contributed by atoms with Gasteiger partial charge in [0.2, 0.25) is 15.9 Å². The third kappa shape index (κ3) is 4.90. The zero-order valence-corrected chi connectivity index (χ0v) is 16.8. The summed E-state index contributed by atoms with van der Waals surface area (Å²) in [4.78, 5) is 12.2. The lowest BCUT2D eigenvalue weighted by molar-refractivity contribution is -0.116. The van der Waals surface area contributed by atoms with Crippen LogP contribution in [0.15, 0.2) is 44.2 Å². The summed E-state index contributed by atoms with van der Waals surface area (Å²) < 4.78 is 31.9. The summed E-state index contributed by atoms with van der Waals surface area (Å²) in [6.45, 7) is 5.53. The van der Waals surface area contributed by atoms with E-state index < -0.39 is 15.9 Å². The van der Waals surface area contributed by atoms with Crippen LogP contribution in [0.25, 0.3) is 0 Å². The van der Waals surface area contributed by atoms with Crippen LogP contribution in [-0.2, 0) is 20.2 Å². The Balaban J connectivity index is 2.04. The van der Waals surface area contributed by atoms with Crippen LogP contribution < -0.4 is 5.32 Å². The third-order valence-corrected chi connectivity index (χ3v) is 5.75. The Kier molecular flexibility index (Phi) is 5.70. The van der Waals surface area contributed by atoms with Gasteiger partial charge in [-0.1, -0.05) is 41.9 Å². The monoisotopic (exact) mass is 429 g/mol. The molecule has 1 amide bonds. The Labute approximate surface area is 155 Å². The van der Waals surface area contributed by atoms with E-state index in [1.165, 1.54) is 19.2 Å². The van der Waals surface area contributed by atoms with Gasteiger partial charge >= 0.3 is 0 Å². The van der Waals surface area contributed by atoms with E-state index in [1.54, 1.807) is 18.2 Å². The topological polar surface area (TPSA) is 92.5 Å². The highest BCUT2D eigenvalue weighted by Crippen LogP contribution is 2.24. The van der Waals surface area contributed by atoms with E-state index in [-0.39, 0.29) is 22.7 Å². The van der Waals surface area contributed by atoms with Gasteiger partial charge in [0.15, 0.2) is 5.82 Å². The number of sulfonamides is 1. The van der Waals surface area contributed by atoms with Gasteiger partial charge in [-0.05, 0) is 24.3 Å². The average Bonchev–Trinajstić information content (AvgIpc) is 2.96. The molecular formula is C16H20BrN3O4S. The number of hydrogen-bond acceptors (Lipinski definition) is 5. The predicted molar refractivity (Wildman–Crippen MR) is 97.8 cm³/mol. The maximum atomic E-state index is 12.5. The van der Waals surface area contributed by atoms with Crippen molar-refractivity contribution in [3.8, 4) is 0 Å². The van der Waals surface area contributed by atoms with Gasteiger partial charge in [-0.25, -0.2) is 8.42 Å². The molecule has 1 N–H and O–H groups in total. The SMILES string of the molecule is CN(CC(=O)Nc1cc(C(C)(C)C)on1)S(=O)(=O)c1ccc(Br)cc1. The number of rotatable bonds is 5. The molecule has 1 heterocycles. The number of anilines is 1. The van der Waals surface area contributed by atoms with Crippen LogP contribution in [0.1, 0.15) is 26.5 Å². The van der Waals surface area contributed by atoms with Crippen LogP contribution in [-0.4, -0.2) is 37.4 Å². The molecule has 9 heteroatoms. The first kappa shape index (κ1) is 19.6. The molecule has 0 radical (unpaired) electrons. The highest BCUT2D eigenvalue weighted by Gasteiger charge is 2.24. The molecule has 1 aromatic carbocycles. The summed E-state index contributed by atoms with van der Waals surface area (Å²) in [7, 11) is -2.41. The average molecular weight is 430 g/mol. The molecule has 0 aliphatic carbocycles. The Morgan fingerprint density at radius 1 is 1.28 bits per heavy atom.